The van der Waals surface area contributed by atoms with Gasteiger partial charge in [-0.15, -0.1) is 0 Å². The monoisotopic (exact) mass is 746 g/mol. The van der Waals surface area contributed by atoms with Crippen molar-refractivity contribution in [1.29, 1.82) is 0 Å². The van der Waals surface area contributed by atoms with Gasteiger partial charge < -0.3 is 0 Å². The molecule has 2 atom stereocenters. The van der Waals surface area contributed by atoms with Crippen LogP contribution in [0.5, 0.6) is 0 Å². The molecule has 0 bridgehead atoms. The van der Waals surface area contributed by atoms with Crippen LogP contribution >= 0.6 is 8.70 Å². The summed E-state index contributed by atoms with van der Waals surface area (Å²) in [5.74, 6) is 0. The molecular formula is C25H36N2P2Se4. The zero-order valence-corrected chi connectivity index (χ0v) is 27.9. The van der Waals surface area contributed by atoms with Crippen molar-refractivity contribution in [2.24, 2.45) is 0 Å². The molecule has 2 aromatic carbocycles. The van der Waals surface area contributed by atoms with Gasteiger partial charge in [-0.2, -0.15) is 0 Å². The summed E-state index contributed by atoms with van der Waals surface area (Å²) in [5.41, 5.74) is 0. The first kappa shape index (κ1) is 27.3. The third-order valence-electron chi connectivity index (χ3n) is 6.58. The van der Waals surface area contributed by atoms with Gasteiger partial charge in [0.25, 0.3) is 0 Å². The van der Waals surface area contributed by atoms with Gasteiger partial charge in [0, 0.05) is 0 Å². The van der Waals surface area contributed by atoms with Gasteiger partial charge in [-0.3, -0.25) is 0 Å². The standard InChI is InChI=1S/C25H36N2P2Se4/c30-28(24-17-9-3-10-18-24,26-22-13-5-1-6-14-22)32-21-33-29(31,25-19-11-4-12-20-25)27-23-15-7-2-8-16-23/h3-4,9-12,17-20,22-23H,1-2,5-8,13-16,21H2,(H,26,30)(H,27,31). The second-order valence-corrected chi connectivity index (χ2v) is 40.5. The summed E-state index contributed by atoms with van der Waals surface area (Å²) in [4.78, 5) is 0. The SMILES string of the molecule is [Se]=P(NC1CCCCC1)([Se]C[Se]P(=[Se])(NC1CCCCC1)c1ccccc1)c1ccccc1. The normalized spacial score (nSPS) is 21.8. The summed E-state index contributed by atoms with van der Waals surface area (Å²) >= 11 is 8.68. The van der Waals surface area contributed by atoms with E-state index in [-0.39, 0.29) is 0 Å². The molecule has 0 aliphatic heterocycles. The van der Waals surface area contributed by atoms with Crippen LogP contribution in [0.2, 0.25) is 4.22 Å². The van der Waals surface area contributed by atoms with Crippen molar-refractivity contribution in [3.05, 3.63) is 60.7 Å². The molecule has 0 spiro atoms. The molecule has 0 radical (unpaired) electrons. The molecule has 2 unspecified atom stereocenters. The first-order valence-corrected chi connectivity index (χ1v) is 27.1. The molecular weight excluding hydrogens is 706 g/mol. The topological polar surface area (TPSA) is 24.1 Å². The van der Waals surface area contributed by atoms with Gasteiger partial charge in [0.15, 0.2) is 0 Å². The predicted molar refractivity (Wildman–Crippen MR) is 154 cm³/mol. The summed E-state index contributed by atoms with van der Waals surface area (Å²) in [6, 6.07) is 24.1. The van der Waals surface area contributed by atoms with Crippen LogP contribution in [0.4, 0.5) is 0 Å². The summed E-state index contributed by atoms with van der Waals surface area (Å²) < 4.78 is -1.50. The van der Waals surface area contributed by atoms with E-state index in [0.29, 0.717) is 41.1 Å². The molecule has 0 heterocycles. The molecule has 180 valence electrons. The molecule has 2 aliphatic carbocycles. The van der Waals surface area contributed by atoms with Gasteiger partial charge in [-0.25, -0.2) is 0 Å². The maximum atomic E-state index is 4.23. The average Bonchev–Trinajstić information content (AvgIpc) is 2.86. The molecule has 2 aliphatic rings. The quantitative estimate of drug-likeness (QED) is 0.261. The Kier molecular flexibility index (Phi) is 11.4. The minimum atomic E-state index is -1.43. The third kappa shape index (κ3) is 8.14. The van der Waals surface area contributed by atoms with Crippen LogP contribution in [-0.2, 0) is 0 Å². The molecule has 2 fully saturated rings. The Hall–Kier alpha value is 1.30. The van der Waals surface area contributed by atoms with Crippen LogP contribution in [0.15, 0.2) is 60.7 Å². The van der Waals surface area contributed by atoms with E-state index in [9.17, 15) is 0 Å². The average molecular weight is 742 g/mol. The fraction of sp³-hybridized carbons (Fsp3) is 0.520. The predicted octanol–water partition coefficient (Wildman–Crippen LogP) is 5.13. The molecule has 8 heteroatoms. The second-order valence-electron chi connectivity index (χ2n) is 9.08. The van der Waals surface area contributed by atoms with Gasteiger partial charge in [0.05, 0.1) is 0 Å². The van der Waals surface area contributed by atoms with Gasteiger partial charge in [0.1, 0.15) is 0 Å². The number of rotatable bonds is 10. The molecule has 2 saturated carbocycles. The van der Waals surface area contributed by atoms with E-state index in [0.717, 1.165) is 0 Å². The number of benzene rings is 2. The van der Waals surface area contributed by atoms with Gasteiger partial charge in [-0.1, -0.05) is 0 Å². The molecule has 0 amide bonds. The molecule has 2 nitrogen and oxygen atoms in total. The van der Waals surface area contributed by atoms with Crippen LogP contribution in [0.1, 0.15) is 64.2 Å². The van der Waals surface area contributed by atoms with Crippen molar-refractivity contribution < 1.29 is 0 Å². The van der Waals surface area contributed by atoms with Crippen LogP contribution in [0.3, 0.4) is 0 Å². The van der Waals surface area contributed by atoms with E-state index in [2.05, 4.69) is 101 Å². The zero-order valence-electron chi connectivity index (χ0n) is 19.2. The van der Waals surface area contributed by atoms with Crippen molar-refractivity contribution in [1.82, 2.24) is 10.2 Å². The Morgan fingerprint density at radius 2 is 0.970 bits per heavy atom. The Morgan fingerprint density at radius 3 is 1.33 bits per heavy atom. The van der Waals surface area contributed by atoms with Crippen molar-refractivity contribution in [2.75, 3.05) is 0 Å². The van der Waals surface area contributed by atoms with Gasteiger partial charge >= 0.3 is 230 Å². The second kappa shape index (κ2) is 13.7. The first-order chi connectivity index (χ1) is 16.1. The third-order valence-corrected chi connectivity index (χ3v) is 38.5. The minimum absolute atomic E-state index is 0.559. The van der Waals surface area contributed by atoms with Crippen molar-refractivity contribution in [3.8, 4) is 0 Å². The van der Waals surface area contributed by atoms with E-state index in [1.807, 2.05) is 0 Å². The molecule has 2 N–H and O–H groups in total. The summed E-state index contributed by atoms with van der Waals surface area (Å²) in [6.45, 7) is 0. The van der Waals surface area contributed by atoms with Crippen LogP contribution in [-0.4, -0.2) is 71.3 Å². The van der Waals surface area contributed by atoms with E-state index in [4.69, 9.17) is 0 Å². The van der Waals surface area contributed by atoms with E-state index < -0.39 is 8.70 Å². The Balaban J connectivity index is 1.49. The fourth-order valence-electron chi connectivity index (χ4n) is 4.74. The van der Waals surface area contributed by atoms with Gasteiger partial charge in [-0.05, 0) is 0 Å². The molecule has 0 saturated heterocycles. The van der Waals surface area contributed by atoms with E-state index in [1.165, 1.54) is 79.0 Å². The zero-order chi connectivity index (χ0) is 23.0. The van der Waals surface area contributed by atoms with Crippen molar-refractivity contribution in [3.63, 3.8) is 0 Å². The fourth-order valence-corrected chi connectivity index (χ4v) is 49.9. The molecule has 4 rings (SSSR count). The Labute approximate surface area is 228 Å². The maximum absolute atomic E-state index is 4.23. The Morgan fingerprint density at radius 1 is 0.606 bits per heavy atom. The van der Waals surface area contributed by atoms with Gasteiger partial charge in [0.2, 0.25) is 0 Å². The molecule has 0 aromatic heterocycles. The molecule has 33 heavy (non-hydrogen) atoms. The summed E-state index contributed by atoms with van der Waals surface area (Å²) in [5, 5.41) is 11.5. The van der Waals surface area contributed by atoms with Crippen LogP contribution < -0.4 is 20.8 Å². The molecule has 2 aromatic rings. The van der Waals surface area contributed by atoms with Crippen LogP contribution in [0, 0.1) is 0 Å². The van der Waals surface area contributed by atoms with E-state index >= 15 is 0 Å². The van der Waals surface area contributed by atoms with E-state index in [1.54, 1.807) is 0 Å². The summed E-state index contributed by atoms with van der Waals surface area (Å²) in [7, 11) is 0. The number of hydrogen-bond acceptors (Lipinski definition) is 2. The van der Waals surface area contributed by atoms with Crippen LogP contribution in [0.25, 0.3) is 0 Å². The summed E-state index contributed by atoms with van der Waals surface area (Å²) in [6.07, 6.45) is 13.8. The first-order valence-electron chi connectivity index (χ1n) is 12.2. The number of nitrogens with one attached hydrogen (secondary N) is 2. The Bertz CT molecular complexity index is 868. The number of hydrogen-bond donors (Lipinski definition) is 2. The van der Waals surface area contributed by atoms with Crippen molar-refractivity contribution >= 4 is 78.5 Å². The van der Waals surface area contributed by atoms with Crippen molar-refractivity contribution in [2.45, 2.75) is 80.5 Å².